The highest BCUT2D eigenvalue weighted by atomic mass is 35.5. The quantitative estimate of drug-likeness (QED) is 0.539. The number of nitrogens with one attached hydrogen (secondary N) is 1. The molecular formula is C22H34ClN7. The smallest absolute Gasteiger partial charge is 0.194 e. The van der Waals surface area contributed by atoms with Gasteiger partial charge in [0.15, 0.2) is 5.96 Å². The van der Waals surface area contributed by atoms with Gasteiger partial charge in [-0.2, -0.15) is 0 Å². The van der Waals surface area contributed by atoms with E-state index < -0.39 is 0 Å². The van der Waals surface area contributed by atoms with Crippen LogP contribution in [0.1, 0.15) is 25.1 Å². The lowest BCUT2D eigenvalue weighted by Gasteiger charge is -2.34. The SMILES string of the molecule is CCNC(=NCc1ccc(N2CCN(CC)CC2)nc1)N(C)Cc1cc(Cl)cn1C. The topological polar surface area (TPSA) is 51.9 Å². The molecule has 0 amide bonds. The first-order chi connectivity index (χ1) is 14.5. The fourth-order valence-electron chi connectivity index (χ4n) is 3.67. The fraction of sp³-hybridized carbons (Fsp3) is 0.545. The van der Waals surface area contributed by atoms with E-state index in [0.29, 0.717) is 6.54 Å². The molecule has 1 aliphatic heterocycles. The molecule has 3 rings (SSSR count). The van der Waals surface area contributed by atoms with Gasteiger partial charge >= 0.3 is 0 Å². The molecule has 1 N–H and O–H groups in total. The van der Waals surface area contributed by atoms with Crippen LogP contribution in [0.2, 0.25) is 5.02 Å². The zero-order valence-corrected chi connectivity index (χ0v) is 19.4. The van der Waals surface area contributed by atoms with Crippen LogP contribution in [-0.2, 0) is 20.1 Å². The van der Waals surface area contributed by atoms with Crippen molar-refractivity contribution < 1.29 is 0 Å². The molecule has 0 aliphatic carbocycles. The maximum absolute atomic E-state index is 6.12. The highest BCUT2D eigenvalue weighted by Crippen LogP contribution is 2.16. The number of aryl methyl sites for hydroxylation is 1. The number of aromatic nitrogens is 2. The summed E-state index contributed by atoms with van der Waals surface area (Å²) in [4.78, 5) is 16.5. The molecule has 1 fully saturated rings. The largest absolute Gasteiger partial charge is 0.357 e. The van der Waals surface area contributed by atoms with Crippen LogP contribution >= 0.6 is 11.6 Å². The lowest BCUT2D eigenvalue weighted by Crippen LogP contribution is -2.46. The third kappa shape index (κ3) is 5.89. The minimum absolute atomic E-state index is 0.595. The van der Waals surface area contributed by atoms with Gasteiger partial charge in [-0.25, -0.2) is 9.98 Å². The Morgan fingerprint density at radius 3 is 2.57 bits per heavy atom. The highest BCUT2D eigenvalue weighted by molar-refractivity contribution is 6.30. The molecule has 2 aromatic rings. The molecule has 2 aromatic heterocycles. The zero-order chi connectivity index (χ0) is 21.5. The fourth-order valence-corrected chi connectivity index (χ4v) is 3.94. The van der Waals surface area contributed by atoms with Crippen LogP contribution in [0.5, 0.6) is 0 Å². The Morgan fingerprint density at radius 2 is 2.00 bits per heavy atom. The summed E-state index contributed by atoms with van der Waals surface area (Å²) in [6.07, 6.45) is 3.87. The van der Waals surface area contributed by atoms with Crippen molar-refractivity contribution in [1.82, 2.24) is 24.7 Å². The van der Waals surface area contributed by atoms with E-state index in [9.17, 15) is 0 Å². The van der Waals surface area contributed by atoms with Crippen LogP contribution in [0.25, 0.3) is 0 Å². The number of hydrogen-bond donors (Lipinski definition) is 1. The number of rotatable bonds is 7. The molecule has 0 aromatic carbocycles. The van der Waals surface area contributed by atoms with Crippen molar-refractivity contribution in [1.29, 1.82) is 0 Å². The van der Waals surface area contributed by atoms with Gasteiger partial charge in [-0.05, 0) is 31.2 Å². The average Bonchev–Trinajstić information content (AvgIpc) is 3.08. The minimum atomic E-state index is 0.595. The number of hydrogen-bond acceptors (Lipinski definition) is 4. The molecule has 1 saturated heterocycles. The van der Waals surface area contributed by atoms with E-state index in [1.807, 2.05) is 37.1 Å². The van der Waals surface area contributed by atoms with E-state index in [-0.39, 0.29) is 0 Å². The normalized spacial score (nSPS) is 15.5. The first kappa shape index (κ1) is 22.4. The monoisotopic (exact) mass is 431 g/mol. The molecule has 7 nitrogen and oxygen atoms in total. The number of aliphatic imine (C=N–C) groups is 1. The van der Waals surface area contributed by atoms with Crippen LogP contribution in [-0.4, -0.2) is 71.6 Å². The van der Waals surface area contributed by atoms with Crippen LogP contribution in [0.4, 0.5) is 5.82 Å². The van der Waals surface area contributed by atoms with Crippen LogP contribution in [0, 0.1) is 0 Å². The predicted molar refractivity (Wildman–Crippen MR) is 125 cm³/mol. The lowest BCUT2D eigenvalue weighted by molar-refractivity contribution is 0.270. The maximum atomic E-state index is 6.12. The van der Waals surface area contributed by atoms with Gasteiger partial charge in [0, 0.05) is 64.9 Å². The molecule has 8 heteroatoms. The van der Waals surface area contributed by atoms with E-state index in [0.717, 1.165) is 73.9 Å². The second kappa shape index (κ2) is 10.7. The maximum Gasteiger partial charge on any atom is 0.194 e. The number of likely N-dealkylation sites (N-methyl/N-ethyl adjacent to an activating group) is 1. The Hall–Kier alpha value is -2.25. The second-order valence-electron chi connectivity index (χ2n) is 7.73. The minimum Gasteiger partial charge on any atom is -0.357 e. The van der Waals surface area contributed by atoms with Crippen molar-refractivity contribution in [2.24, 2.45) is 12.0 Å². The number of nitrogens with zero attached hydrogens (tertiary/aromatic N) is 6. The molecule has 3 heterocycles. The molecule has 0 bridgehead atoms. The van der Waals surface area contributed by atoms with Crippen molar-refractivity contribution in [3.63, 3.8) is 0 Å². The van der Waals surface area contributed by atoms with Gasteiger partial charge in [0.1, 0.15) is 5.82 Å². The standard InChI is InChI=1S/C22H34ClN7/c1-5-24-22(28(4)17-20-13-19(23)16-27(20)3)26-15-18-7-8-21(25-14-18)30-11-9-29(6-2)10-12-30/h7-8,13-14,16H,5-6,9-12,15,17H2,1-4H3,(H,24,26). The molecule has 0 spiro atoms. The molecule has 164 valence electrons. The average molecular weight is 432 g/mol. The third-order valence-electron chi connectivity index (χ3n) is 5.53. The molecule has 0 radical (unpaired) electrons. The van der Waals surface area contributed by atoms with Crippen LogP contribution in [0.3, 0.4) is 0 Å². The first-order valence-electron chi connectivity index (χ1n) is 10.7. The molecule has 30 heavy (non-hydrogen) atoms. The molecule has 0 saturated carbocycles. The summed E-state index contributed by atoms with van der Waals surface area (Å²) in [5.74, 6) is 1.93. The van der Waals surface area contributed by atoms with E-state index in [2.05, 4.69) is 46.0 Å². The van der Waals surface area contributed by atoms with Crippen molar-refractivity contribution in [2.45, 2.75) is 26.9 Å². The summed E-state index contributed by atoms with van der Waals surface area (Å²) in [7, 11) is 4.05. The number of piperazine rings is 1. The molecule has 0 unspecified atom stereocenters. The zero-order valence-electron chi connectivity index (χ0n) is 18.6. The van der Waals surface area contributed by atoms with Crippen LogP contribution in [0.15, 0.2) is 35.6 Å². The van der Waals surface area contributed by atoms with Gasteiger partial charge in [0.25, 0.3) is 0 Å². The van der Waals surface area contributed by atoms with E-state index in [4.69, 9.17) is 21.6 Å². The summed E-state index contributed by atoms with van der Waals surface area (Å²) >= 11 is 6.12. The van der Waals surface area contributed by atoms with Crippen LogP contribution < -0.4 is 10.2 Å². The Balaban J connectivity index is 1.60. The number of pyridine rings is 1. The van der Waals surface area contributed by atoms with Crippen molar-refractivity contribution in [3.8, 4) is 0 Å². The van der Waals surface area contributed by atoms with Gasteiger partial charge in [0.2, 0.25) is 0 Å². The molecular weight excluding hydrogens is 398 g/mol. The van der Waals surface area contributed by atoms with Gasteiger partial charge in [-0.1, -0.05) is 24.6 Å². The highest BCUT2D eigenvalue weighted by Gasteiger charge is 2.16. The van der Waals surface area contributed by atoms with E-state index in [1.165, 1.54) is 0 Å². The van der Waals surface area contributed by atoms with Crippen molar-refractivity contribution in [2.75, 3.05) is 51.2 Å². The molecule has 1 aliphatic rings. The van der Waals surface area contributed by atoms with Gasteiger partial charge in [-0.3, -0.25) is 0 Å². The lowest BCUT2D eigenvalue weighted by atomic mass is 10.2. The van der Waals surface area contributed by atoms with Crippen molar-refractivity contribution in [3.05, 3.63) is 46.9 Å². The first-order valence-corrected chi connectivity index (χ1v) is 11.1. The van der Waals surface area contributed by atoms with E-state index >= 15 is 0 Å². The number of guanidine groups is 1. The number of anilines is 1. The Labute approximate surface area is 185 Å². The predicted octanol–water partition coefficient (Wildman–Crippen LogP) is 2.81. The summed E-state index contributed by atoms with van der Waals surface area (Å²) < 4.78 is 2.05. The summed E-state index contributed by atoms with van der Waals surface area (Å²) in [6, 6.07) is 6.25. The molecule has 0 atom stereocenters. The third-order valence-corrected chi connectivity index (χ3v) is 5.74. The summed E-state index contributed by atoms with van der Waals surface area (Å²) in [5.41, 5.74) is 2.25. The second-order valence-corrected chi connectivity index (χ2v) is 8.17. The Morgan fingerprint density at radius 1 is 1.23 bits per heavy atom. The van der Waals surface area contributed by atoms with E-state index in [1.54, 1.807) is 0 Å². The number of halogens is 1. The van der Waals surface area contributed by atoms with Gasteiger partial charge in [0.05, 0.1) is 18.1 Å². The van der Waals surface area contributed by atoms with Gasteiger partial charge in [-0.15, -0.1) is 0 Å². The Kier molecular flexibility index (Phi) is 7.99. The Bertz CT molecular complexity index is 823. The van der Waals surface area contributed by atoms with Crippen molar-refractivity contribution >= 4 is 23.4 Å². The summed E-state index contributed by atoms with van der Waals surface area (Å²) in [6.45, 7) is 11.9. The van der Waals surface area contributed by atoms with Gasteiger partial charge < -0.3 is 24.6 Å². The summed E-state index contributed by atoms with van der Waals surface area (Å²) in [5, 5.41) is 4.13.